The fraction of sp³-hybridized carbons (Fsp3) is 0.769. The van der Waals surface area contributed by atoms with E-state index in [1.54, 1.807) is 4.90 Å². The molecule has 1 N–H and O–H groups in total. The molecule has 0 atom stereocenters. The van der Waals surface area contributed by atoms with Gasteiger partial charge in [0.15, 0.2) is 0 Å². The zero-order valence-electron chi connectivity index (χ0n) is 11.0. The summed E-state index contributed by atoms with van der Waals surface area (Å²) >= 11 is 0. The molecule has 0 radical (unpaired) electrons. The molecule has 2 aliphatic rings. The predicted octanol–water partition coefficient (Wildman–Crippen LogP) is 1.79. The second kappa shape index (κ2) is 4.27. The molecule has 0 aromatic heterocycles. The van der Waals surface area contributed by atoms with Crippen LogP contribution in [0.3, 0.4) is 0 Å². The molecule has 1 saturated heterocycles. The average Bonchev–Trinajstić information content (AvgIpc) is 2.87. The summed E-state index contributed by atoms with van der Waals surface area (Å²) in [7, 11) is 0. The first-order valence-corrected chi connectivity index (χ1v) is 6.46. The molecule has 3 amide bonds. The number of nitriles is 1. The number of nitrogens with zero attached hydrogens (tertiary/aromatic N) is 2. The van der Waals surface area contributed by atoms with E-state index in [4.69, 9.17) is 5.26 Å². The molecule has 98 valence electrons. The Morgan fingerprint density at radius 3 is 2.56 bits per heavy atom. The molecule has 0 unspecified atom stereocenters. The number of carbonyl (C=O) groups excluding carboxylic acids is 2. The van der Waals surface area contributed by atoms with E-state index in [0.717, 1.165) is 25.7 Å². The molecule has 0 bridgehead atoms. The van der Waals surface area contributed by atoms with Gasteiger partial charge in [0.25, 0.3) is 5.91 Å². The van der Waals surface area contributed by atoms with E-state index >= 15 is 0 Å². The van der Waals surface area contributed by atoms with E-state index in [0.29, 0.717) is 13.0 Å². The fourth-order valence-electron chi connectivity index (χ4n) is 2.82. The summed E-state index contributed by atoms with van der Waals surface area (Å²) in [6.45, 7) is 4.17. The molecule has 5 nitrogen and oxygen atoms in total. The second-order valence-corrected chi connectivity index (χ2v) is 5.90. The summed E-state index contributed by atoms with van der Waals surface area (Å²) in [5, 5.41) is 11.4. The summed E-state index contributed by atoms with van der Waals surface area (Å²) in [4.78, 5) is 25.5. The van der Waals surface area contributed by atoms with Crippen LogP contribution in [0.4, 0.5) is 4.79 Å². The molecule has 1 aliphatic heterocycles. The van der Waals surface area contributed by atoms with Crippen molar-refractivity contribution in [2.24, 2.45) is 5.41 Å². The highest BCUT2D eigenvalue weighted by atomic mass is 16.2. The summed E-state index contributed by atoms with van der Waals surface area (Å²) in [6.07, 6.45) is 4.05. The van der Waals surface area contributed by atoms with Gasteiger partial charge < -0.3 is 4.90 Å². The van der Waals surface area contributed by atoms with Crippen LogP contribution in [0.15, 0.2) is 0 Å². The van der Waals surface area contributed by atoms with Crippen molar-refractivity contribution in [1.82, 2.24) is 10.2 Å². The van der Waals surface area contributed by atoms with Crippen molar-refractivity contribution in [1.29, 1.82) is 5.26 Å². The zero-order chi connectivity index (χ0) is 13.4. The maximum Gasteiger partial charge on any atom is 0.325 e. The van der Waals surface area contributed by atoms with Gasteiger partial charge in [0.1, 0.15) is 5.54 Å². The maximum atomic E-state index is 12.0. The van der Waals surface area contributed by atoms with Gasteiger partial charge in [-0.2, -0.15) is 5.26 Å². The van der Waals surface area contributed by atoms with Crippen LogP contribution in [0.1, 0.15) is 46.0 Å². The van der Waals surface area contributed by atoms with Crippen molar-refractivity contribution in [2.45, 2.75) is 51.5 Å². The molecule has 0 aromatic rings. The van der Waals surface area contributed by atoms with E-state index < -0.39 is 11.0 Å². The summed E-state index contributed by atoms with van der Waals surface area (Å²) in [5.74, 6) is -0.153. The summed E-state index contributed by atoms with van der Waals surface area (Å²) in [6, 6.07) is 1.93. The maximum absolute atomic E-state index is 12.0. The van der Waals surface area contributed by atoms with Crippen LogP contribution in [0.25, 0.3) is 0 Å². The lowest BCUT2D eigenvalue weighted by Gasteiger charge is -2.32. The highest BCUT2D eigenvalue weighted by Crippen LogP contribution is 2.39. The minimum atomic E-state index is -0.622. The number of imide groups is 1. The van der Waals surface area contributed by atoms with E-state index in [1.807, 2.05) is 13.8 Å². The standard InChI is InChI=1S/C13H19N3O2/c1-12(2,9-14)7-8-16-11(18)15-10(17)13(16)5-3-4-6-13/h3-8H2,1-2H3,(H,15,17,18). The monoisotopic (exact) mass is 249 g/mol. The number of nitrogens with one attached hydrogen (secondary N) is 1. The molecule has 2 rings (SSSR count). The van der Waals surface area contributed by atoms with Gasteiger partial charge >= 0.3 is 6.03 Å². The van der Waals surface area contributed by atoms with Crippen LogP contribution >= 0.6 is 0 Å². The number of urea groups is 1. The summed E-state index contributed by atoms with van der Waals surface area (Å²) < 4.78 is 0. The third-order valence-corrected chi connectivity index (χ3v) is 4.10. The Morgan fingerprint density at radius 1 is 1.39 bits per heavy atom. The van der Waals surface area contributed by atoms with Gasteiger partial charge in [0.2, 0.25) is 0 Å². The number of carbonyl (C=O) groups is 2. The Balaban J connectivity index is 2.13. The van der Waals surface area contributed by atoms with E-state index in [-0.39, 0.29) is 11.9 Å². The molecule has 1 spiro atoms. The molecular formula is C13H19N3O2. The predicted molar refractivity (Wildman–Crippen MR) is 65.5 cm³/mol. The number of amides is 3. The van der Waals surface area contributed by atoms with E-state index in [1.165, 1.54) is 0 Å². The van der Waals surface area contributed by atoms with Crippen molar-refractivity contribution in [3.63, 3.8) is 0 Å². The highest BCUT2D eigenvalue weighted by Gasteiger charge is 2.53. The molecule has 1 saturated carbocycles. The van der Waals surface area contributed by atoms with Crippen molar-refractivity contribution in [3.05, 3.63) is 0 Å². The molecule has 1 heterocycles. The molecule has 2 fully saturated rings. The number of rotatable bonds is 3. The van der Waals surface area contributed by atoms with E-state index in [9.17, 15) is 9.59 Å². The third-order valence-electron chi connectivity index (χ3n) is 4.10. The van der Waals surface area contributed by atoms with Gasteiger partial charge in [-0.3, -0.25) is 10.1 Å². The van der Waals surface area contributed by atoms with Crippen molar-refractivity contribution in [2.75, 3.05) is 6.54 Å². The van der Waals surface area contributed by atoms with Gasteiger partial charge in [-0.05, 0) is 33.1 Å². The average molecular weight is 249 g/mol. The van der Waals surface area contributed by atoms with Gasteiger partial charge in [-0.15, -0.1) is 0 Å². The molecule has 0 aromatic carbocycles. The lowest BCUT2D eigenvalue weighted by atomic mass is 9.89. The Labute approximate surface area is 107 Å². The van der Waals surface area contributed by atoms with Gasteiger partial charge in [0, 0.05) is 6.54 Å². The fourth-order valence-corrected chi connectivity index (χ4v) is 2.82. The first-order valence-electron chi connectivity index (χ1n) is 6.46. The first kappa shape index (κ1) is 12.9. The van der Waals surface area contributed by atoms with Crippen LogP contribution in [-0.4, -0.2) is 28.9 Å². The Morgan fingerprint density at radius 2 is 2.00 bits per heavy atom. The van der Waals surface area contributed by atoms with Crippen LogP contribution in [-0.2, 0) is 4.79 Å². The van der Waals surface area contributed by atoms with Crippen LogP contribution in [0.5, 0.6) is 0 Å². The Hall–Kier alpha value is -1.57. The van der Waals surface area contributed by atoms with Gasteiger partial charge in [0.05, 0.1) is 11.5 Å². The normalized spacial score (nSPS) is 22.4. The third kappa shape index (κ3) is 1.96. The molecular weight excluding hydrogens is 230 g/mol. The van der Waals surface area contributed by atoms with Gasteiger partial charge in [-0.25, -0.2) is 4.79 Å². The largest absolute Gasteiger partial charge is 0.325 e. The summed E-state index contributed by atoms with van der Waals surface area (Å²) in [5.41, 5.74) is -1.09. The minimum Gasteiger partial charge on any atom is -0.310 e. The van der Waals surface area contributed by atoms with Crippen LogP contribution in [0, 0.1) is 16.7 Å². The second-order valence-electron chi connectivity index (χ2n) is 5.90. The number of hydrogen-bond acceptors (Lipinski definition) is 3. The molecule has 5 heteroatoms. The lowest BCUT2D eigenvalue weighted by molar-refractivity contribution is -0.126. The Kier molecular flexibility index (Phi) is 3.05. The van der Waals surface area contributed by atoms with E-state index in [2.05, 4.69) is 11.4 Å². The minimum absolute atomic E-state index is 0.153. The zero-order valence-corrected chi connectivity index (χ0v) is 11.0. The Bertz CT molecular complexity index is 416. The smallest absolute Gasteiger partial charge is 0.310 e. The quantitative estimate of drug-likeness (QED) is 0.775. The SMILES string of the molecule is CC(C)(C#N)CCN1C(=O)NC(=O)C12CCCC2. The molecule has 18 heavy (non-hydrogen) atoms. The van der Waals surface area contributed by atoms with Crippen LogP contribution in [0.2, 0.25) is 0 Å². The number of hydrogen-bond donors (Lipinski definition) is 1. The molecule has 1 aliphatic carbocycles. The van der Waals surface area contributed by atoms with Crippen molar-refractivity contribution < 1.29 is 9.59 Å². The lowest BCUT2D eigenvalue weighted by Crippen LogP contribution is -2.48. The first-order chi connectivity index (χ1) is 8.41. The van der Waals surface area contributed by atoms with Gasteiger partial charge in [-0.1, -0.05) is 12.8 Å². The van der Waals surface area contributed by atoms with Crippen molar-refractivity contribution in [3.8, 4) is 6.07 Å². The topological polar surface area (TPSA) is 73.2 Å². The highest BCUT2D eigenvalue weighted by molar-refractivity contribution is 6.07. The van der Waals surface area contributed by atoms with Crippen LogP contribution < -0.4 is 5.32 Å². The van der Waals surface area contributed by atoms with Crippen molar-refractivity contribution >= 4 is 11.9 Å².